The van der Waals surface area contributed by atoms with Crippen LogP contribution >= 0.6 is 0 Å². The molecule has 0 spiro atoms. The molecule has 2 heterocycles. The molecule has 3 amide bonds. The zero-order valence-corrected chi connectivity index (χ0v) is 18.9. The molecular weight excluding hydrogens is 400 g/mol. The fourth-order valence-corrected chi connectivity index (χ4v) is 3.79. The molecule has 0 aliphatic carbocycles. The molecule has 1 fully saturated rings. The summed E-state index contributed by atoms with van der Waals surface area (Å²) < 4.78 is 5.49. The van der Waals surface area contributed by atoms with E-state index in [-0.39, 0.29) is 29.0 Å². The Bertz CT molecular complexity index is 876. The number of nitrogens with zero attached hydrogens (tertiary/aromatic N) is 2. The summed E-state index contributed by atoms with van der Waals surface area (Å²) >= 11 is 0. The van der Waals surface area contributed by atoms with E-state index in [1.165, 1.54) is 17.0 Å². The summed E-state index contributed by atoms with van der Waals surface area (Å²) in [6.07, 6.45) is -0.0230. The molecule has 168 valence electrons. The number of fused-ring (bicyclic) bond motifs is 1. The molecule has 0 unspecified atom stereocenters. The zero-order chi connectivity index (χ0) is 23.1. The van der Waals surface area contributed by atoms with Crippen molar-refractivity contribution in [2.24, 2.45) is 17.3 Å². The second-order valence-electron chi connectivity index (χ2n) is 10.2. The number of likely N-dealkylation sites (tertiary alicyclic amines) is 1. The topological polar surface area (TPSA) is 93.2 Å². The molecule has 0 aromatic heterocycles. The quantitative estimate of drug-likeness (QED) is 0.665. The molecule has 0 N–H and O–H groups in total. The smallest absolute Gasteiger partial charge is 0.410 e. The predicted octanol–water partition coefficient (Wildman–Crippen LogP) is 3.66. The monoisotopic (exact) mass is 430 g/mol. The first kappa shape index (κ1) is 22.8. The van der Waals surface area contributed by atoms with E-state index in [9.17, 15) is 19.2 Å². The van der Waals surface area contributed by atoms with Gasteiger partial charge >= 0.3 is 12.1 Å². The van der Waals surface area contributed by atoms with Crippen molar-refractivity contribution in [2.75, 3.05) is 13.1 Å². The van der Waals surface area contributed by atoms with Crippen LogP contribution in [-0.2, 0) is 14.4 Å². The highest BCUT2D eigenvalue weighted by molar-refractivity contribution is 6.20. The van der Waals surface area contributed by atoms with Crippen molar-refractivity contribution >= 4 is 23.9 Å². The van der Waals surface area contributed by atoms with Gasteiger partial charge in [-0.25, -0.2) is 9.59 Å². The van der Waals surface area contributed by atoms with Gasteiger partial charge in [-0.15, -0.1) is 0 Å². The molecule has 1 aromatic rings. The minimum absolute atomic E-state index is 0.00787. The first-order chi connectivity index (χ1) is 14.3. The number of carbonyl (C=O) groups excluding carboxylic acids is 4. The van der Waals surface area contributed by atoms with Gasteiger partial charge < -0.3 is 14.5 Å². The third kappa shape index (κ3) is 4.89. The lowest BCUT2D eigenvalue weighted by Gasteiger charge is -2.42. The Balaban J connectivity index is 1.77. The highest BCUT2D eigenvalue weighted by Gasteiger charge is 2.44. The normalized spacial score (nSPS) is 21.7. The number of imide groups is 1. The maximum atomic E-state index is 13.0. The Kier molecular flexibility index (Phi) is 5.86. The predicted molar refractivity (Wildman–Crippen MR) is 112 cm³/mol. The van der Waals surface area contributed by atoms with Crippen molar-refractivity contribution in [3.05, 3.63) is 35.4 Å². The van der Waals surface area contributed by atoms with Crippen molar-refractivity contribution in [2.45, 2.75) is 53.6 Å². The van der Waals surface area contributed by atoms with Gasteiger partial charge in [0.05, 0.1) is 17.0 Å². The molecule has 1 aromatic carbocycles. The number of amides is 3. The molecule has 2 aliphatic heterocycles. The molecule has 2 atom stereocenters. The fraction of sp³-hybridized carbons (Fsp3) is 0.565. The number of hydrogen-bond donors (Lipinski definition) is 0. The van der Waals surface area contributed by atoms with E-state index in [2.05, 4.69) is 0 Å². The third-order valence-corrected chi connectivity index (χ3v) is 5.60. The summed E-state index contributed by atoms with van der Waals surface area (Å²) in [7, 11) is 0. The van der Waals surface area contributed by atoms with Crippen molar-refractivity contribution in [3.63, 3.8) is 0 Å². The van der Waals surface area contributed by atoms with Crippen molar-refractivity contribution in [1.82, 2.24) is 9.96 Å². The minimum atomic E-state index is -0.711. The second-order valence-corrected chi connectivity index (χ2v) is 10.2. The van der Waals surface area contributed by atoms with Crippen LogP contribution in [-0.4, -0.2) is 52.5 Å². The van der Waals surface area contributed by atoms with Gasteiger partial charge in [-0.05, 0) is 50.7 Å². The molecule has 3 rings (SSSR count). The van der Waals surface area contributed by atoms with E-state index in [1.54, 1.807) is 32.9 Å². The lowest BCUT2D eigenvalue weighted by molar-refractivity contribution is -0.176. The Morgan fingerprint density at radius 2 is 1.48 bits per heavy atom. The van der Waals surface area contributed by atoms with Crippen LogP contribution in [0.1, 0.15) is 68.7 Å². The highest BCUT2D eigenvalue weighted by Crippen LogP contribution is 2.37. The molecular formula is C23H30N2O6. The van der Waals surface area contributed by atoms with E-state index in [4.69, 9.17) is 9.57 Å². The molecule has 8 nitrogen and oxygen atoms in total. The molecule has 0 saturated carbocycles. The molecule has 0 radical (unpaired) electrons. The maximum Gasteiger partial charge on any atom is 0.410 e. The number of hydrogen-bond acceptors (Lipinski definition) is 6. The molecule has 8 heteroatoms. The van der Waals surface area contributed by atoms with Gasteiger partial charge in [-0.2, -0.15) is 0 Å². The van der Waals surface area contributed by atoms with Gasteiger partial charge in [0.2, 0.25) is 0 Å². The first-order valence-electron chi connectivity index (χ1n) is 10.5. The van der Waals surface area contributed by atoms with Crippen LogP contribution in [0.3, 0.4) is 0 Å². The van der Waals surface area contributed by atoms with E-state index < -0.39 is 35.4 Å². The number of hydroxylamine groups is 2. The van der Waals surface area contributed by atoms with Gasteiger partial charge in [-0.1, -0.05) is 38.0 Å². The summed E-state index contributed by atoms with van der Waals surface area (Å²) in [5.74, 6) is -2.72. The lowest BCUT2D eigenvalue weighted by atomic mass is 9.73. The molecule has 2 aliphatic rings. The number of rotatable bonds is 2. The van der Waals surface area contributed by atoms with Gasteiger partial charge in [0, 0.05) is 13.1 Å². The van der Waals surface area contributed by atoms with Gasteiger partial charge in [0.1, 0.15) is 5.60 Å². The maximum absolute atomic E-state index is 13.0. The zero-order valence-electron chi connectivity index (χ0n) is 18.9. The van der Waals surface area contributed by atoms with Crippen molar-refractivity contribution in [3.8, 4) is 0 Å². The average molecular weight is 431 g/mol. The second kappa shape index (κ2) is 7.98. The van der Waals surface area contributed by atoms with E-state index >= 15 is 0 Å². The molecule has 0 bridgehead atoms. The Labute approximate surface area is 182 Å². The molecule has 1 saturated heterocycles. The first-order valence-corrected chi connectivity index (χ1v) is 10.5. The Hall–Kier alpha value is -2.90. The Morgan fingerprint density at radius 1 is 0.935 bits per heavy atom. The van der Waals surface area contributed by atoms with Crippen LogP contribution in [0.25, 0.3) is 0 Å². The average Bonchev–Trinajstić information content (AvgIpc) is 2.91. The van der Waals surface area contributed by atoms with Gasteiger partial charge in [0.25, 0.3) is 11.8 Å². The van der Waals surface area contributed by atoms with Crippen LogP contribution in [0.5, 0.6) is 0 Å². The minimum Gasteiger partial charge on any atom is -0.444 e. The van der Waals surface area contributed by atoms with E-state index in [0.29, 0.717) is 18.0 Å². The number of piperidine rings is 1. The summed E-state index contributed by atoms with van der Waals surface area (Å²) in [6, 6.07) is 6.32. The summed E-state index contributed by atoms with van der Waals surface area (Å²) in [5.41, 5.74) is -0.435. The number of ether oxygens (including phenoxy) is 1. The van der Waals surface area contributed by atoms with Crippen molar-refractivity contribution in [1.29, 1.82) is 0 Å². The van der Waals surface area contributed by atoms with Crippen LogP contribution < -0.4 is 0 Å². The number of benzene rings is 1. The summed E-state index contributed by atoms with van der Waals surface area (Å²) in [5, 5.41) is 0.519. The van der Waals surface area contributed by atoms with Crippen LogP contribution in [0.15, 0.2) is 24.3 Å². The van der Waals surface area contributed by atoms with Crippen LogP contribution in [0.2, 0.25) is 0 Å². The lowest BCUT2D eigenvalue weighted by Crippen LogP contribution is -2.51. The standard InChI is InChI=1S/C23H30N2O6/c1-22(2,3)15-11-14(12-24(13-15)21(29)30-23(4,5)6)20(28)31-25-18(26)16-9-7-8-10-17(16)19(25)27/h7-10,14-15H,11-13H2,1-6H3/t14-,15+/m1/s1. The summed E-state index contributed by atoms with van der Waals surface area (Å²) in [6.45, 7) is 12.0. The third-order valence-electron chi connectivity index (χ3n) is 5.60. The van der Waals surface area contributed by atoms with Gasteiger partial charge in [-0.3, -0.25) is 9.59 Å². The largest absolute Gasteiger partial charge is 0.444 e. The summed E-state index contributed by atoms with van der Waals surface area (Å²) in [4.78, 5) is 57.5. The SMILES string of the molecule is CC(C)(C)OC(=O)N1C[C@H](C(=O)ON2C(=O)c3ccccc3C2=O)C[C@H](C(C)(C)C)C1. The van der Waals surface area contributed by atoms with Crippen LogP contribution in [0, 0.1) is 17.3 Å². The highest BCUT2D eigenvalue weighted by atomic mass is 16.7. The van der Waals surface area contributed by atoms with Crippen molar-refractivity contribution < 1.29 is 28.8 Å². The van der Waals surface area contributed by atoms with Gasteiger partial charge in [0.15, 0.2) is 0 Å². The number of carbonyl (C=O) groups is 4. The van der Waals surface area contributed by atoms with Crippen LogP contribution in [0.4, 0.5) is 4.79 Å². The van der Waals surface area contributed by atoms with E-state index in [1.807, 2.05) is 20.8 Å². The Morgan fingerprint density at radius 3 is 1.97 bits per heavy atom. The molecule has 31 heavy (non-hydrogen) atoms. The fourth-order valence-electron chi connectivity index (χ4n) is 3.79. The van der Waals surface area contributed by atoms with E-state index in [0.717, 1.165) is 0 Å².